The fourth-order valence-electron chi connectivity index (χ4n) is 3.52. The van der Waals surface area contributed by atoms with Crippen LogP contribution in [0.5, 0.6) is 0 Å². The van der Waals surface area contributed by atoms with Crippen molar-refractivity contribution in [2.75, 3.05) is 5.32 Å². The second kappa shape index (κ2) is 6.57. The van der Waals surface area contributed by atoms with Gasteiger partial charge in [-0.2, -0.15) is 0 Å². The Morgan fingerprint density at radius 2 is 2.21 bits per heavy atom. The fraction of sp³-hybridized carbons (Fsp3) is 0.333. The van der Waals surface area contributed by atoms with Gasteiger partial charge in [-0.3, -0.25) is 10.1 Å². The van der Waals surface area contributed by atoms with Crippen molar-refractivity contribution in [3.05, 3.63) is 46.6 Å². The van der Waals surface area contributed by atoms with Crippen molar-refractivity contribution in [3.8, 4) is 0 Å². The molecule has 2 aromatic heterocycles. The zero-order valence-corrected chi connectivity index (χ0v) is 14.7. The number of anilines is 1. The molecule has 0 radical (unpaired) electrons. The number of carbonyl (C=O) groups is 1. The lowest BCUT2D eigenvalue weighted by atomic mass is 10.1. The molecule has 1 amide bonds. The minimum atomic E-state index is -0.123. The molecule has 1 aromatic carbocycles. The van der Waals surface area contributed by atoms with E-state index in [1.54, 1.807) is 6.20 Å². The average Bonchev–Trinajstić information content (AvgIpc) is 3.30. The molecule has 124 valence electrons. The first-order valence-electron chi connectivity index (χ1n) is 8.20. The van der Waals surface area contributed by atoms with Gasteiger partial charge in [-0.25, -0.2) is 4.98 Å². The van der Waals surface area contributed by atoms with Crippen LogP contribution in [0.15, 0.2) is 36.0 Å². The normalized spacial score (nSPS) is 15.2. The van der Waals surface area contributed by atoms with Crippen molar-refractivity contribution >= 4 is 44.9 Å². The van der Waals surface area contributed by atoms with Crippen LogP contribution < -0.4 is 5.32 Å². The lowest BCUT2D eigenvalue weighted by Gasteiger charge is -2.11. The van der Waals surface area contributed by atoms with Gasteiger partial charge >= 0.3 is 0 Å². The minimum Gasteiger partial charge on any atom is -0.346 e. The van der Waals surface area contributed by atoms with E-state index in [0.29, 0.717) is 21.6 Å². The van der Waals surface area contributed by atoms with Gasteiger partial charge in [-0.1, -0.05) is 30.5 Å². The van der Waals surface area contributed by atoms with Crippen LogP contribution in [0.3, 0.4) is 0 Å². The second-order valence-electron chi connectivity index (χ2n) is 6.30. The molecule has 0 saturated heterocycles. The Morgan fingerprint density at radius 1 is 1.38 bits per heavy atom. The maximum absolute atomic E-state index is 12.7. The number of rotatable bonds is 4. The summed E-state index contributed by atoms with van der Waals surface area (Å²) < 4.78 is 2.19. The number of benzene rings is 1. The molecule has 4 nitrogen and oxygen atoms in total. The van der Waals surface area contributed by atoms with Gasteiger partial charge in [0.2, 0.25) is 0 Å². The van der Waals surface area contributed by atoms with Crippen molar-refractivity contribution in [1.82, 2.24) is 9.55 Å². The summed E-state index contributed by atoms with van der Waals surface area (Å²) >= 11 is 7.60. The van der Waals surface area contributed by atoms with E-state index in [9.17, 15) is 4.79 Å². The summed E-state index contributed by atoms with van der Waals surface area (Å²) in [6.45, 7) is 0.946. The molecule has 24 heavy (non-hydrogen) atoms. The smallest absolute Gasteiger partial charge is 0.259 e. The second-order valence-corrected chi connectivity index (χ2v) is 7.63. The van der Waals surface area contributed by atoms with Gasteiger partial charge in [0, 0.05) is 34.7 Å². The van der Waals surface area contributed by atoms with Crippen molar-refractivity contribution in [1.29, 1.82) is 0 Å². The molecular formula is C18H18ClN3OS. The van der Waals surface area contributed by atoms with Gasteiger partial charge in [-0.05, 0) is 30.9 Å². The third-order valence-electron chi connectivity index (χ3n) is 4.67. The third kappa shape index (κ3) is 3.06. The lowest BCUT2D eigenvalue weighted by molar-refractivity contribution is 0.102. The molecule has 0 spiro atoms. The largest absolute Gasteiger partial charge is 0.346 e. The molecule has 0 unspecified atom stereocenters. The van der Waals surface area contributed by atoms with Gasteiger partial charge in [0.25, 0.3) is 5.91 Å². The van der Waals surface area contributed by atoms with Gasteiger partial charge in [-0.15, -0.1) is 11.3 Å². The highest BCUT2D eigenvalue weighted by Gasteiger charge is 2.20. The van der Waals surface area contributed by atoms with Gasteiger partial charge in [0.15, 0.2) is 5.13 Å². The van der Waals surface area contributed by atoms with E-state index in [0.717, 1.165) is 17.4 Å². The monoisotopic (exact) mass is 359 g/mol. The average molecular weight is 360 g/mol. The summed E-state index contributed by atoms with van der Waals surface area (Å²) in [5.74, 6) is 0.567. The topological polar surface area (TPSA) is 46.9 Å². The van der Waals surface area contributed by atoms with Crippen LogP contribution in [0.2, 0.25) is 5.02 Å². The number of aromatic nitrogens is 2. The SMILES string of the molecule is O=C(Nc1nccs1)c1cn(CC2CCCC2)c2cc(Cl)ccc12. The highest BCUT2D eigenvalue weighted by Crippen LogP contribution is 2.31. The van der Waals surface area contributed by atoms with Crippen molar-refractivity contribution in [2.24, 2.45) is 5.92 Å². The Labute approximate surface area is 149 Å². The zero-order chi connectivity index (χ0) is 16.5. The van der Waals surface area contributed by atoms with Crippen LogP contribution in [-0.4, -0.2) is 15.5 Å². The molecule has 1 fully saturated rings. The maximum Gasteiger partial charge on any atom is 0.259 e. The maximum atomic E-state index is 12.7. The highest BCUT2D eigenvalue weighted by atomic mass is 35.5. The molecule has 0 aliphatic heterocycles. The number of carbonyl (C=O) groups excluding carboxylic acids is 1. The predicted octanol–water partition coefficient (Wildman–Crippen LogP) is 5.19. The molecule has 0 atom stereocenters. The first-order valence-corrected chi connectivity index (χ1v) is 9.46. The first-order chi connectivity index (χ1) is 11.7. The summed E-state index contributed by atoms with van der Waals surface area (Å²) in [6, 6.07) is 5.72. The van der Waals surface area contributed by atoms with Crippen LogP contribution in [0, 0.1) is 5.92 Å². The molecule has 4 rings (SSSR count). The van der Waals surface area contributed by atoms with E-state index in [1.165, 1.54) is 37.0 Å². The summed E-state index contributed by atoms with van der Waals surface area (Å²) in [5.41, 5.74) is 1.70. The number of nitrogens with one attached hydrogen (secondary N) is 1. The van der Waals surface area contributed by atoms with Crippen LogP contribution in [0.25, 0.3) is 10.9 Å². The molecule has 1 aliphatic carbocycles. The fourth-order valence-corrected chi connectivity index (χ4v) is 4.21. The standard InChI is InChI=1S/C18H18ClN3OS/c19-13-5-6-14-15(17(23)21-18-20-7-8-24-18)11-22(16(14)9-13)10-12-3-1-2-4-12/h5-9,11-12H,1-4,10H2,(H,20,21,23). The summed E-state index contributed by atoms with van der Waals surface area (Å²) in [7, 11) is 0. The number of nitrogens with zero attached hydrogens (tertiary/aromatic N) is 2. The Balaban J connectivity index is 1.70. The number of hydrogen-bond donors (Lipinski definition) is 1. The molecule has 0 bridgehead atoms. The van der Waals surface area contributed by atoms with E-state index >= 15 is 0 Å². The van der Waals surface area contributed by atoms with Crippen molar-refractivity contribution in [3.63, 3.8) is 0 Å². The van der Waals surface area contributed by atoms with E-state index in [-0.39, 0.29) is 5.91 Å². The number of fused-ring (bicyclic) bond motifs is 1. The van der Waals surface area contributed by atoms with Gasteiger partial charge in [0.1, 0.15) is 0 Å². The Kier molecular flexibility index (Phi) is 4.29. The zero-order valence-electron chi connectivity index (χ0n) is 13.2. The van der Waals surface area contributed by atoms with Gasteiger partial charge < -0.3 is 4.57 Å². The minimum absolute atomic E-state index is 0.123. The third-order valence-corrected chi connectivity index (χ3v) is 5.59. The number of hydrogen-bond acceptors (Lipinski definition) is 3. The van der Waals surface area contributed by atoms with Crippen LogP contribution >= 0.6 is 22.9 Å². The quantitative estimate of drug-likeness (QED) is 0.696. The summed E-state index contributed by atoms with van der Waals surface area (Å²) in [6.07, 6.45) is 8.79. The Morgan fingerprint density at radius 3 is 2.96 bits per heavy atom. The number of halogens is 1. The first kappa shape index (κ1) is 15.7. The summed E-state index contributed by atoms with van der Waals surface area (Å²) in [4.78, 5) is 16.8. The van der Waals surface area contributed by atoms with Crippen LogP contribution in [0.4, 0.5) is 5.13 Å². The molecule has 1 N–H and O–H groups in total. The summed E-state index contributed by atoms with van der Waals surface area (Å²) in [5, 5.41) is 6.97. The molecule has 6 heteroatoms. The number of amides is 1. The van der Waals surface area contributed by atoms with Crippen molar-refractivity contribution in [2.45, 2.75) is 32.2 Å². The van der Waals surface area contributed by atoms with Crippen LogP contribution in [-0.2, 0) is 6.54 Å². The van der Waals surface area contributed by atoms with Crippen molar-refractivity contribution < 1.29 is 4.79 Å². The molecule has 1 aliphatic rings. The van der Waals surface area contributed by atoms with Crippen LogP contribution in [0.1, 0.15) is 36.0 Å². The Bertz CT molecular complexity index is 866. The Hall–Kier alpha value is -1.85. The van der Waals surface area contributed by atoms with E-state index in [1.807, 2.05) is 29.8 Å². The predicted molar refractivity (Wildman–Crippen MR) is 99.0 cm³/mol. The van der Waals surface area contributed by atoms with E-state index in [2.05, 4.69) is 14.9 Å². The molecule has 2 heterocycles. The van der Waals surface area contributed by atoms with E-state index in [4.69, 9.17) is 11.6 Å². The molecule has 3 aromatic rings. The lowest BCUT2D eigenvalue weighted by Crippen LogP contribution is -2.11. The number of thiazole rings is 1. The van der Waals surface area contributed by atoms with E-state index < -0.39 is 0 Å². The molecular weight excluding hydrogens is 342 g/mol. The molecule has 1 saturated carbocycles. The van der Waals surface area contributed by atoms with Gasteiger partial charge in [0.05, 0.1) is 11.1 Å². The highest BCUT2D eigenvalue weighted by molar-refractivity contribution is 7.13.